The molecule has 1 N–H and O–H groups in total. The molecule has 2 aliphatic rings. The van der Waals surface area contributed by atoms with Crippen molar-refractivity contribution in [2.24, 2.45) is 5.41 Å². The smallest absolute Gasteiger partial charge is 0.259 e. The van der Waals surface area contributed by atoms with E-state index in [9.17, 15) is 14.7 Å². The lowest BCUT2D eigenvalue weighted by Crippen LogP contribution is -2.43. The quantitative estimate of drug-likeness (QED) is 0.898. The van der Waals surface area contributed by atoms with Crippen LogP contribution in [-0.4, -0.2) is 44.2 Å². The van der Waals surface area contributed by atoms with Crippen molar-refractivity contribution in [1.29, 1.82) is 0 Å². The third-order valence-corrected chi connectivity index (χ3v) is 6.74. The molecule has 0 aromatic carbocycles. The zero-order chi connectivity index (χ0) is 19.3. The van der Waals surface area contributed by atoms with Crippen LogP contribution in [0.4, 0.5) is 0 Å². The van der Waals surface area contributed by atoms with Gasteiger partial charge in [0, 0.05) is 35.9 Å². The molecule has 3 atom stereocenters. The van der Waals surface area contributed by atoms with Crippen LogP contribution in [-0.2, 0) is 6.54 Å². The fraction of sp³-hybridized carbons (Fsp3) is 0.571. The number of fused-ring (bicyclic) bond motifs is 3. The number of rotatable bonds is 4. The van der Waals surface area contributed by atoms with E-state index in [1.54, 1.807) is 12.3 Å². The van der Waals surface area contributed by atoms with Gasteiger partial charge in [0.2, 0.25) is 5.43 Å². The van der Waals surface area contributed by atoms with E-state index in [1.807, 2.05) is 29.4 Å². The molecular formula is C21H27N3O3. The Morgan fingerprint density at radius 1 is 1.33 bits per heavy atom. The highest BCUT2D eigenvalue weighted by atomic mass is 16.3. The van der Waals surface area contributed by atoms with Crippen molar-refractivity contribution in [3.8, 4) is 0 Å². The fourth-order valence-corrected chi connectivity index (χ4v) is 5.15. The zero-order valence-electron chi connectivity index (χ0n) is 16.2. The number of aryl methyl sites for hydroxylation is 2. The van der Waals surface area contributed by atoms with Gasteiger partial charge in [0.1, 0.15) is 11.2 Å². The second-order valence-corrected chi connectivity index (χ2v) is 8.02. The monoisotopic (exact) mass is 369 g/mol. The molecule has 0 radical (unpaired) electrons. The van der Waals surface area contributed by atoms with E-state index >= 15 is 0 Å². The van der Waals surface area contributed by atoms with Crippen LogP contribution in [0.15, 0.2) is 23.1 Å². The zero-order valence-corrected chi connectivity index (χ0v) is 16.2. The topological polar surface area (TPSA) is 75.4 Å². The summed E-state index contributed by atoms with van der Waals surface area (Å²) in [4.78, 5) is 32.9. The van der Waals surface area contributed by atoms with Crippen molar-refractivity contribution in [1.82, 2.24) is 14.5 Å². The highest BCUT2D eigenvalue weighted by Gasteiger charge is 2.56. The second kappa shape index (κ2) is 6.44. The third kappa shape index (κ3) is 2.53. The summed E-state index contributed by atoms with van der Waals surface area (Å²) >= 11 is 0. The summed E-state index contributed by atoms with van der Waals surface area (Å²) in [5.41, 5.74) is 1.22. The number of aliphatic hydroxyl groups excluding tert-OH is 1. The molecule has 0 aliphatic carbocycles. The summed E-state index contributed by atoms with van der Waals surface area (Å²) in [7, 11) is 0. The molecular weight excluding hydrogens is 342 g/mol. The van der Waals surface area contributed by atoms with Crippen LogP contribution < -0.4 is 5.43 Å². The first kappa shape index (κ1) is 18.2. The van der Waals surface area contributed by atoms with Gasteiger partial charge in [0.25, 0.3) is 5.91 Å². The van der Waals surface area contributed by atoms with Crippen molar-refractivity contribution < 1.29 is 9.90 Å². The predicted molar refractivity (Wildman–Crippen MR) is 104 cm³/mol. The van der Waals surface area contributed by atoms with Gasteiger partial charge >= 0.3 is 0 Å². The normalized spacial score (nSPS) is 26.9. The summed E-state index contributed by atoms with van der Waals surface area (Å²) in [6, 6.07) is 3.72. The lowest BCUT2D eigenvalue weighted by atomic mass is 9.72. The maximum absolute atomic E-state index is 13.4. The summed E-state index contributed by atoms with van der Waals surface area (Å²) < 4.78 is 1.88. The van der Waals surface area contributed by atoms with Gasteiger partial charge in [-0.15, -0.1) is 0 Å². The Kier molecular flexibility index (Phi) is 4.34. The van der Waals surface area contributed by atoms with Gasteiger partial charge in [0.05, 0.1) is 12.0 Å². The molecule has 2 saturated heterocycles. The average molecular weight is 369 g/mol. The van der Waals surface area contributed by atoms with E-state index in [0.29, 0.717) is 17.6 Å². The molecule has 2 aromatic heterocycles. The van der Waals surface area contributed by atoms with Crippen LogP contribution in [0.1, 0.15) is 55.6 Å². The minimum atomic E-state index is -0.246. The van der Waals surface area contributed by atoms with Gasteiger partial charge in [-0.2, -0.15) is 0 Å². The molecule has 27 heavy (non-hydrogen) atoms. The Morgan fingerprint density at radius 2 is 2.11 bits per heavy atom. The van der Waals surface area contributed by atoms with Crippen LogP contribution in [0.3, 0.4) is 0 Å². The molecule has 2 aromatic rings. The van der Waals surface area contributed by atoms with Gasteiger partial charge in [-0.1, -0.05) is 6.92 Å². The van der Waals surface area contributed by atoms with Crippen LogP contribution >= 0.6 is 0 Å². The van der Waals surface area contributed by atoms with E-state index in [0.717, 1.165) is 31.4 Å². The second-order valence-electron chi connectivity index (χ2n) is 8.02. The Hall–Kier alpha value is -2.21. The molecule has 4 heterocycles. The summed E-state index contributed by atoms with van der Waals surface area (Å²) in [6.45, 7) is 6.68. The van der Waals surface area contributed by atoms with Crippen molar-refractivity contribution in [3.63, 3.8) is 0 Å². The van der Waals surface area contributed by atoms with Crippen LogP contribution in [0.25, 0.3) is 11.0 Å². The number of pyridine rings is 2. The lowest BCUT2D eigenvalue weighted by molar-refractivity contribution is 0.0555. The predicted octanol–water partition coefficient (Wildman–Crippen LogP) is 2.49. The largest absolute Gasteiger partial charge is 0.396 e. The maximum Gasteiger partial charge on any atom is 0.259 e. The molecule has 144 valence electrons. The standard InChI is InChI=1S/C21H27N3O3/c1-4-21(12-25)10-14-7-9-17(21)24(14)20(27)16-11-23(5-2)19-15(18(16)26)8-6-13(3)22-19/h6,8,11,14,17,25H,4-5,7,9-10,12H2,1-3H3/t14-,17+,21-/m0/s1. The highest BCUT2D eigenvalue weighted by Crippen LogP contribution is 2.51. The van der Waals surface area contributed by atoms with Gasteiger partial charge in [-0.05, 0) is 51.7 Å². The molecule has 2 aliphatic heterocycles. The van der Waals surface area contributed by atoms with Gasteiger partial charge in [-0.25, -0.2) is 4.98 Å². The van der Waals surface area contributed by atoms with Crippen LogP contribution in [0.2, 0.25) is 0 Å². The number of carbonyl (C=O) groups excluding carboxylic acids is 1. The summed E-state index contributed by atoms with van der Waals surface area (Å²) in [5, 5.41) is 10.5. The number of aromatic nitrogens is 2. The first-order valence-electron chi connectivity index (χ1n) is 9.90. The molecule has 4 rings (SSSR count). The van der Waals surface area contributed by atoms with Crippen LogP contribution in [0.5, 0.6) is 0 Å². The molecule has 0 spiro atoms. The molecule has 6 nitrogen and oxygen atoms in total. The van der Waals surface area contributed by atoms with Crippen molar-refractivity contribution in [2.75, 3.05) is 6.61 Å². The Labute approximate surface area is 158 Å². The summed E-state index contributed by atoms with van der Waals surface area (Å²) in [5.74, 6) is -0.194. The minimum Gasteiger partial charge on any atom is -0.396 e. The molecule has 0 unspecified atom stereocenters. The van der Waals surface area contributed by atoms with Crippen molar-refractivity contribution >= 4 is 16.9 Å². The minimum absolute atomic E-state index is 0.0197. The molecule has 0 saturated carbocycles. The number of hydrogen-bond donors (Lipinski definition) is 1. The number of amides is 1. The number of aliphatic hydroxyl groups is 1. The van der Waals surface area contributed by atoms with Gasteiger partial charge < -0.3 is 14.6 Å². The fourth-order valence-electron chi connectivity index (χ4n) is 5.15. The van der Waals surface area contributed by atoms with Crippen molar-refractivity contribution in [3.05, 3.63) is 39.8 Å². The highest BCUT2D eigenvalue weighted by molar-refractivity contribution is 5.97. The Bertz CT molecular complexity index is 961. The molecule has 2 bridgehead atoms. The molecule has 6 heteroatoms. The van der Waals surface area contributed by atoms with Crippen LogP contribution in [0, 0.1) is 12.3 Å². The van der Waals surface area contributed by atoms with E-state index in [2.05, 4.69) is 11.9 Å². The first-order chi connectivity index (χ1) is 13.0. The molecule has 2 fully saturated rings. The maximum atomic E-state index is 13.4. The number of nitrogens with zero attached hydrogens (tertiary/aromatic N) is 3. The van der Waals surface area contributed by atoms with Gasteiger partial charge in [0.15, 0.2) is 0 Å². The van der Waals surface area contributed by atoms with E-state index < -0.39 is 0 Å². The molecule has 1 amide bonds. The van der Waals surface area contributed by atoms with Gasteiger partial charge in [-0.3, -0.25) is 9.59 Å². The number of hydrogen-bond acceptors (Lipinski definition) is 4. The first-order valence-corrected chi connectivity index (χ1v) is 9.90. The average Bonchev–Trinajstić information content (AvgIpc) is 3.24. The summed E-state index contributed by atoms with van der Waals surface area (Å²) in [6.07, 6.45) is 5.20. The Balaban J connectivity index is 1.82. The number of carbonyl (C=O) groups is 1. The van der Waals surface area contributed by atoms with E-state index in [1.165, 1.54) is 0 Å². The third-order valence-electron chi connectivity index (χ3n) is 6.74. The SMILES string of the molecule is CCn1cc(C(=O)N2[C@H]3CC[C@@H]2[C@](CC)(CO)C3)c(=O)c2ccc(C)nc21. The lowest BCUT2D eigenvalue weighted by Gasteiger charge is -2.34. The van der Waals surface area contributed by atoms with Crippen molar-refractivity contribution in [2.45, 2.75) is 65.1 Å². The van der Waals surface area contributed by atoms with E-state index in [4.69, 9.17) is 0 Å². The van der Waals surface area contributed by atoms with E-state index in [-0.39, 0.29) is 41.0 Å². The Morgan fingerprint density at radius 3 is 2.74 bits per heavy atom.